The van der Waals surface area contributed by atoms with Crippen molar-refractivity contribution >= 4 is 27.3 Å². The molecule has 1 aliphatic rings. The number of nitrogens with zero attached hydrogens (tertiary/aromatic N) is 3. The van der Waals surface area contributed by atoms with Crippen molar-refractivity contribution in [1.82, 2.24) is 9.78 Å². The molecule has 2 heterocycles. The Balaban J connectivity index is 1.58. The van der Waals surface area contributed by atoms with Crippen LogP contribution in [0.1, 0.15) is 18.9 Å². The smallest absolute Gasteiger partial charge is 0.261 e. The predicted molar refractivity (Wildman–Crippen MR) is 107 cm³/mol. The van der Waals surface area contributed by atoms with Gasteiger partial charge in [0.2, 0.25) is 5.91 Å². The number of fused-ring (bicyclic) bond motifs is 1. The zero-order valence-electron chi connectivity index (χ0n) is 15.4. The minimum absolute atomic E-state index is 0.0352. The lowest BCUT2D eigenvalue weighted by atomic mass is 10.0. The van der Waals surface area contributed by atoms with E-state index in [0.717, 1.165) is 29.8 Å². The van der Waals surface area contributed by atoms with Crippen LogP contribution in [-0.4, -0.2) is 30.7 Å². The van der Waals surface area contributed by atoms with Crippen LogP contribution >= 0.6 is 0 Å². The van der Waals surface area contributed by atoms with Crippen molar-refractivity contribution in [2.24, 2.45) is 0 Å². The predicted octanol–water partition coefficient (Wildman–Crippen LogP) is 2.97. The molecule has 1 amide bonds. The molecule has 0 spiro atoms. The molecule has 0 atom stereocenters. The second-order valence-electron chi connectivity index (χ2n) is 6.67. The monoisotopic (exact) mass is 396 g/mol. The average molecular weight is 396 g/mol. The fourth-order valence-corrected chi connectivity index (χ4v) is 4.49. The lowest BCUT2D eigenvalue weighted by molar-refractivity contribution is -0.116. The Bertz CT molecular complexity index is 1110. The Morgan fingerprint density at radius 2 is 1.93 bits per heavy atom. The first kappa shape index (κ1) is 18.2. The normalized spacial score (nSPS) is 13.8. The highest BCUT2D eigenvalue weighted by molar-refractivity contribution is 7.92. The van der Waals surface area contributed by atoms with Crippen molar-refractivity contribution in [3.05, 3.63) is 66.5 Å². The third kappa shape index (κ3) is 3.50. The van der Waals surface area contributed by atoms with Gasteiger partial charge in [-0.1, -0.05) is 0 Å². The van der Waals surface area contributed by atoms with Gasteiger partial charge in [0, 0.05) is 37.2 Å². The van der Waals surface area contributed by atoms with Gasteiger partial charge in [0.05, 0.1) is 10.6 Å². The maximum absolute atomic E-state index is 12.8. The molecule has 1 aromatic heterocycles. The molecule has 7 nitrogen and oxygen atoms in total. The summed E-state index contributed by atoms with van der Waals surface area (Å²) in [4.78, 5) is 13.7. The number of hydrogen-bond acceptors (Lipinski definition) is 4. The highest BCUT2D eigenvalue weighted by Gasteiger charge is 2.23. The number of aryl methyl sites for hydroxylation is 1. The van der Waals surface area contributed by atoms with Crippen LogP contribution in [0.25, 0.3) is 5.69 Å². The highest BCUT2D eigenvalue weighted by Crippen LogP contribution is 2.30. The molecular formula is C20H20N4O3S. The number of anilines is 2. The third-order valence-electron chi connectivity index (χ3n) is 4.75. The van der Waals surface area contributed by atoms with Gasteiger partial charge in [-0.05, 0) is 66.9 Å². The third-order valence-corrected chi connectivity index (χ3v) is 6.13. The van der Waals surface area contributed by atoms with Crippen molar-refractivity contribution in [3.8, 4) is 5.69 Å². The number of aromatic nitrogens is 2. The SMILES string of the molecule is CC(=O)N1CCCc2cc(S(=O)(=O)Nc3ccc(-n4cccn4)cc3)ccc21. The first-order chi connectivity index (χ1) is 13.4. The van der Waals surface area contributed by atoms with Gasteiger partial charge in [0.1, 0.15) is 0 Å². The zero-order chi connectivity index (χ0) is 19.7. The van der Waals surface area contributed by atoms with E-state index in [1.165, 1.54) is 6.92 Å². The molecule has 0 unspecified atom stereocenters. The molecule has 0 fully saturated rings. The van der Waals surface area contributed by atoms with Crippen molar-refractivity contribution in [3.63, 3.8) is 0 Å². The van der Waals surface area contributed by atoms with Crippen molar-refractivity contribution in [2.75, 3.05) is 16.2 Å². The fraction of sp³-hybridized carbons (Fsp3) is 0.200. The van der Waals surface area contributed by atoms with Gasteiger partial charge in [-0.2, -0.15) is 5.10 Å². The number of sulfonamides is 1. The summed E-state index contributed by atoms with van der Waals surface area (Å²) in [5, 5.41) is 4.15. The maximum atomic E-state index is 12.8. The Kier molecular flexibility index (Phi) is 4.64. The summed E-state index contributed by atoms with van der Waals surface area (Å²) < 4.78 is 29.9. The van der Waals surface area contributed by atoms with Crippen LogP contribution in [0.3, 0.4) is 0 Å². The molecule has 3 aromatic rings. The van der Waals surface area contributed by atoms with Crippen molar-refractivity contribution < 1.29 is 13.2 Å². The van der Waals surface area contributed by atoms with Gasteiger partial charge >= 0.3 is 0 Å². The number of rotatable bonds is 4. The lowest BCUT2D eigenvalue weighted by Gasteiger charge is -2.28. The van der Waals surface area contributed by atoms with Crippen LogP contribution in [0, 0.1) is 0 Å². The summed E-state index contributed by atoms with van der Waals surface area (Å²) in [7, 11) is -3.73. The Hall–Kier alpha value is -3.13. The highest BCUT2D eigenvalue weighted by atomic mass is 32.2. The van der Waals surface area contributed by atoms with Gasteiger partial charge in [-0.3, -0.25) is 9.52 Å². The van der Waals surface area contributed by atoms with Gasteiger partial charge in [-0.25, -0.2) is 13.1 Å². The summed E-state index contributed by atoms with van der Waals surface area (Å²) in [5.41, 5.74) is 2.98. The molecule has 0 saturated carbocycles. The number of benzene rings is 2. The van der Waals surface area contributed by atoms with Gasteiger partial charge < -0.3 is 4.90 Å². The second-order valence-corrected chi connectivity index (χ2v) is 8.35. The topological polar surface area (TPSA) is 84.3 Å². The number of carbonyl (C=O) groups excluding carboxylic acids is 1. The number of nitrogens with one attached hydrogen (secondary N) is 1. The van der Waals surface area contributed by atoms with E-state index >= 15 is 0 Å². The minimum Gasteiger partial charge on any atom is -0.312 e. The second kappa shape index (κ2) is 7.12. The molecule has 8 heteroatoms. The maximum Gasteiger partial charge on any atom is 0.261 e. The molecule has 0 saturated heterocycles. The molecule has 0 aliphatic carbocycles. The van der Waals surface area contributed by atoms with Crippen LogP contribution in [0.15, 0.2) is 65.8 Å². The van der Waals surface area contributed by atoms with E-state index in [0.29, 0.717) is 12.2 Å². The summed E-state index contributed by atoms with van der Waals surface area (Å²) in [6.07, 6.45) is 5.07. The summed E-state index contributed by atoms with van der Waals surface area (Å²) >= 11 is 0. The molecule has 1 aliphatic heterocycles. The number of amides is 1. The van der Waals surface area contributed by atoms with Crippen LogP contribution in [0.4, 0.5) is 11.4 Å². The number of carbonyl (C=O) groups is 1. The van der Waals surface area contributed by atoms with Crippen molar-refractivity contribution in [1.29, 1.82) is 0 Å². The van der Waals surface area contributed by atoms with E-state index in [2.05, 4.69) is 9.82 Å². The lowest BCUT2D eigenvalue weighted by Crippen LogP contribution is -2.33. The number of hydrogen-bond donors (Lipinski definition) is 1. The van der Waals surface area contributed by atoms with Crippen molar-refractivity contribution in [2.45, 2.75) is 24.7 Å². The standard InChI is InChI=1S/C20H20N4O3S/c1-15(25)23-12-2-4-16-14-19(9-10-20(16)23)28(26,27)22-17-5-7-18(8-6-17)24-13-3-11-21-24/h3,5-11,13-14,22H,2,4,12H2,1H3. The van der Waals surface area contributed by atoms with E-state index in [-0.39, 0.29) is 10.8 Å². The molecule has 0 radical (unpaired) electrons. The van der Waals surface area contributed by atoms with E-state index in [4.69, 9.17) is 0 Å². The van der Waals surface area contributed by atoms with Crippen LogP contribution in [0.5, 0.6) is 0 Å². The van der Waals surface area contributed by atoms with E-state index in [1.807, 2.05) is 12.3 Å². The Morgan fingerprint density at radius 3 is 2.61 bits per heavy atom. The fourth-order valence-electron chi connectivity index (χ4n) is 3.39. The first-order valence-electron chi connectivity index (χ1n) is 8.98. The van der Waals surface area contributed by atoms with Crippen LogP contribution < -0.4 is 9.62 Å². The molecular weight excluding hydrogens is 376 g/mol. The average Bonchev–Trinajstić information content (AvgIpc) is 3.22. The molecule has 0 bridgehead atoms. The summed E-state index contributed by atoms with van der Waals surface area (Å²) in [6, 6.07) is 13.7. The Morgan fingerprint density at radius 1 is 1.14 bits per heavy atom. The van der Waals surface area contributed by atoms with Crippen LogP contribution in [-0.2, 0) is 21.2 Å². The van der Waals surface area contributed by atoms with Gasteiger partial charge in [0.15, 0.2) is 0 Å². The van der Waals surface area contributed by atoms with Crippen LogP contribution in [0.2, 0.25) is 0 Å². The first-order valence-corrected chi connectivity index (χ1v) is 10.5. The van der Waals surface area contributed by atoms with E-state index in [1.54, 1.807) is 58.2 Å². The minimum atomic E-state index is -3.73. The molecule has 28 heavy (non-hydrogen) atoms. The molecule has 2 aromatic carbocycles. The summed E-state index contributed by atoms with van der Waals surface area (Å²) in [6.45, 7) is 2.18. The zero-order valence-corrected chi connectivity index (χ0v) is 16.2. The quantitative estimate of drug-likeness (QED) is 0.735. The summed E-state index contributed by atoms with van der Waals surface area (Å²) in [5.74, 6) is -0.0352. The van der Waals surface area contributed by atoms with Gasteiger partial charge in [0.25, 0.3) is 10.0 Å². The molecule has 1 N–H and O–H groups in total. The van der Waals surface area contributed by atoms with Gasteiger partial charge in [-0.15, -0.1) is 0 Å². The van der Waals surface area contributed by atoms with E-state index in [9.17, 15) is 13.2 Å². The Labute approximate surface area is 163 Å². The largest absolute Gasteiger partial charge is 0.312 e. The van der Waals surface area contributed by atoms with E-state index < -0.39 is 10.0 Å². The molecule has 4 rings (SSSR count). The molecule has 144 valence electrons.